The van der Waals surface area contributed by atoms with E-state index in [1.165, 1.54) is 5.56 Å². The van der Waals surface area contributed by atoms with Gasteiger partial charge in [0.15, 0.2) is 0 Å². The summed E-state index contributed by atoms with van der Waals surface area (Å²) in [6.45, 7) is 5.01. The van der Waals surface area contributed by atoms with Crippen LogP contribution in [0.25, 0.3) is 0 Å². The number of hydrogen-bond donors (Lipinski definition) is 2. The highest BCUT2D eigenvalue weighted by Crippen LogP contribution is 2.18. The SMILES string of the molecule is CC1CCN(Cc2ccccc2)CC1O.CS(=O)(=O)O. The lowest BCUT2D eigenvalue weighted by molar-refractivity contribution is 0.0259. The Morgan fingerprint density at radius 1 is 1.30 bits per heavy atom. The van der Waals surface area contributed by atoms with E-state index in [9.17, 15) is 13.5 Å². The van der Waals surface area contributed by atoms with Gasteiger partial charge in [-0.15, -0.1) is 0 Å². The summed E-state index contributed by atoms with van der Waals surface area (Å²) in [4.78, 5) is 2.33. The Morgan fingerprint density at radius 2 is 1.85 bits per heavy atom. The van der Waals surface area contributed by atoms with E-state index in [0.717, 1.165) is 26.1 Å². The molecule has 2 atom stereocenters. The third-order valence-electron chi connectivity index (χ3n) is 3.25. The fourth-order valence-corrected chi connectivity index (χ4v) is 2.10. The maximum atomic E-state index is 9.78. The summed E-state index contributed by atoms with van der Waals surface area (Å²) in [6.07, 6.45) is 1.67. The molecule has 2 unspecified atom stereocenters. The average molecular weight is 301 g/mol. The van der Waals surface area contributed by atoms with Gasteiger partial charge in [-0.1, -0.05) is 37.3 Å². The lowest BCUT2D eigenvalue weighted by atomic mass is 9.96. The van der Waals surface area contributed by atoms with Crippen molar-refractivity contribution in [2.45, 2.75) is 26.0 Å². The van der Waals surface area contributed by atoms with E-state index in [1.54, 1.807) is 0 Å². The van der Waals surface area contributed by atoms with Crippen molar-refractivity contribution < 1.29 is 18.1 Å². The first-order valence-electron chi connectivity index (χ1n) is 6.62. The fraction of sp³-hybridized carbons (Fsp3) is 0.571. The predicted octanol–water partition coefficient (Wildman–Crippen LogP) is 1.39. The van der Waals surface area contributed by atoms with Crippen molar-refractivity contribution in [1.29, 1.82) is 0 Å². The van der Waals surface area contributed by atoms with Crippen LogP contribution in [0.3, 0.4) is 0 Å². The Kier molecular flexibility index (Phi) is 6.61. The number of benzene rings is 1. The molecule has 2 N–H and O–H groups in total. The molecule has 1 aliphatic heterocycles. The topological polar surface area (TPSA) is 77.8 Å². The monoisotopic (exact) mass is 301 g/mol. The Hall–Kier alpha value is -0.950. The molecule has 2 rings (SSSR count). The molecule has 0 spiro atoms. The maximum Gasteiger partial charge on any atom is 0.261 e. The van der Waals surface area contributed by atoms with Gasteiger partial charge in [0.05, 0.1) is 12.4 Å². The van der Waals surface area contributed by atoms with Crippen LogP contribution in [0.4, 0.5) is 0 Å². The minimum absolute atomic E-state index is 0.150. The van der Waals surface area contributed by atoms with E-state index in [0.29, 0.717) is 12.2 Å². The lowest BCUT2D eigenvalue weighted by Gasteiger charge is -2.34. The molecule has 0 bridgehead atoms. The molecular formula is C14H23NO4S. The molecule has 20 heavy (non-hydrogen) atoms. The van der Waals surface area contributed by atoms with Crippen molar-refractivity contribution in [1.82, 2.24) is 4.90 Å². The molecule has 0 saturated carbocycles. The predicted molar refractivity (Wildman–Crippen MR) is 79.0 cm³/mol. The molecule has 1 aromatic rings. The second kappa shape index (κ2) is 7.73. The van der Waals surface area contributed by atoms with Gasteiger partial charge in [-0.25, -0.2) is 0 Å². The van der Waals surface area contributed by atoms with Gasteiger partial charge in [-0.2, -0.15) is 8.42 Å². The van der Waals surface area contributed by atoms with E-state index in [2.05, 4.69) is 36.1 Å². The van der Waals surface area contributed by atoms with Crippen LogP contribution in [-0.2, 0) is 16.7 Å². The summed E-state index contributed by atoms with van der Waals surface area (Å²) >= 11 is 0. The van der Waals surface area contributed by atoms with E-state index < -0.39 is 10.1 Å². The standard InChI is InChI=1S/C13H19NO.CH4O3S/c1-11-7-8-14(10-13(11)15)9-12-5-3-2-4-6-12;1-5(2,3)4/h2-6,11,13,15H,7-10H2,1H3;1H3,(H,2,3,4). The fourth-order valence-electron chi connectivity index (χ4n) is 2.10. The minimum atomic E-state index is -3.67. The number of aliphatic hydroxyl groups excluding tert-OH is 1. The Labute approximate surface area is 121 Å². The number of likely N-dealkylation sites (tertiary alicyclic amines) is 1. The third-order valence-corrected chi connectivity index (χ3v) is 3.25. The van der Waals surface area contributed by atoms with Crippen molar-refractivity contribution in [2.75, 3.05) is 19.3 Å². The number of aliphatic hydroxyl groups is 1. The van der Waals surface area contributed by atoms with E-state index >= 15 is 0 Å². The van der Waals surface area contributed by atoms with Crippen molar-refractivity contribution >= 4 is 10.1 Å². The molecule has 6 heteroatoms. The van der Waals surface area contributed by atoms with Crippen LogP contribution in [0.15, 0.2) is 30.3 Å². The van der Waals surface area contributed by atoms with E-state index in [-0.39, 0.29) is 6.10 Å². The molecule has 0 radical (unpaired) electrons. The van der Waals surface area contributed by atoms with Crippen LogP contribution < -0.4 is 0 Å². The third kappa shape index (κ3) is 7.59. The van der Waals surface area contributed by atoms with Gasteiger partial charge in [0, 0.05) is 13.1 Å². The first kappa shape index (κ1) is 17.1. The summed E-state index contributed by atoms with van der Waals surface area (Å²) in [5.74, 6) is 0.456. The zero-order valence-corrected chi connectivity index (χ0v) is 12.8. The molecule has 0 aromatic heterocycles. The van der Waals surface area contributed by atoms with Crippen molar-refractivity contribution in [2.24, 2.45) is 5.92 Å². The number of hydrogen-bond acceptors (Lipinski definition) is 4. The highest BCUT2D eigenvalue weighted by atomic mass is 32.2. The number of nitrogens with zero attached hydrogens (tertiary/aromatic N) is 1. The van der Waals surface area contributed by atoms with Gasteiger partial charge in [-0.05, 0) is 24.4 Å². The van der Waals surface area contributed by atoms with Gasteiger partial charge in [-0.3, -0.25) is 9.45 Å². The summed E-state index contributed by atoms with van der Waals surface area (Å²) in [7, 11) is -3.67. The van der Waals surface area contributed by atoms with Crippen LogP contribution >= 0.6 is 0 Å². The van der Waals surface area contributed by atoms with Crippen LogP contribution in [0.5, 0.6) is 0 Å². The molecule has 1 heterocycles. The second-order valence-corrected chi connectivity index (χ2v) is 6.75. The molecule has 1 aromatic carbocycles. The van der Waals surface area contributed by atoms with Crippen molar-refractivity contribution in [3.05, 3.63) is 35.9 Å². The van der Waals surface area contributed by atoms with E-state index in [1.807, 2.05) is 6.07 Å². The van der Waals surface area contributed by atoms with Gasteiger partial charge in [0.1, 0.15) is 0 Å². The summed E-state index contributed by atoms with van der Waals surface area (Å²) in [5.41, 5.74) is 1.33. The zero-order valence-electron chi connectivity index (χ0n) is 11.9. The van der Waals surface area contributed by atoms with Gasteiger partial charge in [0.25, 0.3) is 10.1 Å². The minimum Gasteiger partial charge on any atom is -0.392 e. The largest absolute Gasteiger partial charge is 0.392 e. The molecule has 1 fully saturated rings. The molecule has 0 aliphatic carbocycles. The molecule has 0 amide bonds. The molecule has 1 aliphatic rings. The average Bonchev–Trinajstić information content (AvgIpc) is 2.33. The van der Waals surface area contributed by atoms with Crippen LogP contribution in [-0.4, -0.2) is 48.4 Å². The van der Waals surface area contributed by atoms with Gasteiger partial charge in [0.2, 0.25) is 0 Å². The summed E-state index contributed by atoms with van der Waals surface area (Å²) < 4.78 is 25.9. The summed E-state index contributed by atoms with van der Waals surface area (Å²) in [5, 5.41) is 9.78. The second-order valence-electron chi connectivity index (χ2n) is 5.29. The number of piperidine rings is 1. The van der Waals surface area contributed by atoms with Crippen LogP contribution in [0.1, 0.15) is 18.9 Å². The van der Waals surface area contributed by atoms with Gasteiger partial charge >= 0.3 is 0 Å². The van der Waals surface area contributed by atoms with E-state index in [4.69, 9.17) is 4.55 Å². The molecule has 5 nitrogen and oxygen atoms in total. The maximum absolute atomic E-state index is 9.78. The zero-order chi connectivity index (χ0) is 15.2. The first-order valence-corrected chi connectivity index (χ1v) is 8.47. The first-order chi connectivity index (χ1) is 9.25. The lowest BCUT2D eigenvalue weighted by Crippen LogP contribution is -2.42. The Bertz CT molecular complexity index is 481. The quantitative estimate of drug-likeness (QED) is 0.807. The summed E-state index contributed by atoms with van der Waals surface area (Å²) in [6, 6.07) is 10.5. The number of β-amino-alcohol motifs (C(OH)–C–C–N with tert-alkyl or cyclic N) is 1. The van der Waals surface area contributed by atoms with Crippen molar-refractivity contribution in [3.8, 4) is 0 Å². The van der Waals surface area contributed by atoms with Crippen molar-refractivity contribution in [3.63, 3.8) is 0 Å². The number of rotatable bonds is 2. The molecule has 114 valence electrons. The smallest absolute Gasteiger partial charge is 0.261 e. The highest BCUT2D eigenvalue weighted by Gasteiger charge is 2.23. The Morgan fingerprint density at radius 3 is 2.35 bits per heavy atom. The van der Waals surface area contributed by atoms with Crippen LogP contribution in [0.2, 0.25) is 0 Å². The highest BCUT2D eigenvalue weighted by molar-refractivity contribution is 7.85. The molecule has 1 saturated heterocycles. The normalized spacial score (nSPS) is 23.8. The molecular weight excluding hydrogens is 278 g/mol. The van der Waals surface area contributed by atoms with Gasteiger partial charge < -0.3 is 5.11 Å². The Balaban J connectivity index is 0.000000347. The van der Waals surface area contributed by atoms with Crippen LogP contribution in [0, 0.1) is 5.92 Å².